The van der Waals surface area contributed by atoms with Crippen LogP contribution in [0, 0.1) is 5.41 Å². The second-order valence-electron chi connectivity index (χ2n) is 6.11. The molecule has 1 fully saturated rings. The lowest BCUT2D eigenvalue weighted by Crippen LogP contribution is -2.30. The quantitative estimate of drug-likeness (QED) is 0.532. The van der Waals surface area contributed by atoms with E-state index in [9.17, 15) is 0 Å². The second-order valence-corrected chi connectivity index (χ2v) is 8.42. The van der Waals surface area contributed by atoms with Gasteiger partial charge in [0.15, 0.2) is 0 Å². The van der Waals surface area contributed by atoms with E-state index in [-0.39, 0.29) is 0 Å². The summed E-state index contributed by atoms with van der Waals surface area (Å²) in [5.74, 6) is 0. The summed E-state index contributed by atoms with van der Waals surface area (Å²) in [5, 5.41) is 0. The zero-order valence-corrected chi connectivity index (χ0v) is 12.8. The van der Waals surface area contributed by atoms with Crippen LogP contribution in [0.2, 0.25) is 0 Å². The molecule has 0 aliphatic heterocycles. The van der Waals surface area contributed by atoms with Crippen molar-refractivity contribution in [3.8, 4) is 0 Å². The minimum atomic E-state index is 0.744. The van der Waals surface area contributed by atoms with Crippen LogP contribution >= 0.6 is 8.58 Å². The summed E-state index contributed by atoms with van der Waals surface area (Å²) >= 11 is 0. The first-order valence-corrected chi connectivity index (χ1v) is 8.53. The van der Waals surface area contributed by atoms with Crippen LogP contribution in [-0.4, -0.2) is 11.3 Å². The fourth-order valence-corrected chi connectivity index (χ4v) is 5.57. The molecule has 1 saturated carbocycles. The Bertz CT molecular complexity index is 174. The van der Waals surface area contributed by atoms with Gasteiger partial charge in [-0.05, 0) is 48.8 Å². The average Bonchev–Trinajstić information content (AvgIpc) is 2.17. The van der Waals surface area contributed by atoms with Gasteiger partial charge in [-0.2, -0.15) is 0 Å². The summed E-state index contributed by atoms with van der Waals surface area (Å²) in [6.07, 6.45) is 11.8. The topological polar surface area (TPSA) is 0 Å². The van der Waals surface area contributed by atoms with Crippen molar-refractivity contribution in [3.05, 3.63) is 0 Å². The second kappa shape index (κ2) is 7.00. The lowest BCUT2D eigenvalue weighted by atomic mass is 9.68. The molecule has 0 aromatic rings. The minimum Gasteiger partial charge on any atom is -0.116 e. The number of hydrogen-bond acceptors (Lipinski definition) is 0. The van der Waals surface area contributed by atoms with E-state index in [0.717, 1.165) is 16.7 Å². The molecule has 0 aromatic heterocycles. The Morgan fingerprint density at radius 3 is 2.31 bits per heavy atom. The molecule has 0 saturated heterocycles. The summed E-state index contributed by atoms with van der Waals surface area (Å²) in [6.45, 7) is 9.53. The summed E-state index contributed by atoms with van der Waals surface area (Å²) < 4.78 is 0. The Morgan fingerprint density at radius 1 is 1.19 bits per heavy atom. The molecule has 1 rings (SSSR count). The largest absolute Gasteiger partial charge is 0.116 e. The molecule has 2 unspecified atom stereocenters. The van der Waals surface area contributed by atoms with E-state index >= 15 is 0 Å². The van der Waals surface area contributed by atoms with Crippen LogP contribution < -0.4 is 0 Å². The Kier molecular flexibility index (Phi) is 6.34. The molecule has 0 nitrogen and oxygen atoms in total. The van der Waals surface area contributed by atoms with Gasteiger partial charge in [-0.3, -0.25) is 0 Å². The summed E-state index contributed by atoms with van der Waals surface area (Å²) in [4.78, 5) is 0. The van der Waals surface area contributed by atoms with Crippen molar-refractivity contribution < 1.29 is 0 Å². The number of rotatable bonds is 6. The fourth-order valence-electron chi connectivity index (χ4n) is 3.70. The molecule has 0 radical (unpaired) electrons. The van der Waals surface area contributed by atoms with E-state index in [1.807, 2.05) is 0 Å². The van der Waals surface area contributed by atoms with Crippen molar-refractivity contribution in [2.24, 2.45) is 5.41 Å². The highest BCUT2D eigenvalue weighted by Crippen LogP contribution is 2.49. The maximum Gasteiger partial charge on any atom is -0.0229 e. The van der Waals surface area contributed by atoms with Crippen LogP contribution in [0.25, 0.3) is 0 Å². The number of hydrogen-bond donors (Lipinski definition) is 0. The zero-order chi connectivity index (χ0) is 12.0. The summed E-state index contributed by atoms with van der Waals surface area (Å²) in [6, 6.07) is 0. The third-order valence-electron chi connectivity index (χ3n) is 4.07. The lowest BCUT2D eigenvalue weighted by molar-refractivity contribution is 0.157. The van der Waals surface area contributed by atoms with Gasteiger partial charge >= 0.3 is 0 Å². The molecule has 0 aromatic carbocycles. The van der Waals surface area contributed by atoms with Crippen molar-refractivity contribution in [2.75, 3.05) is 0 Å². The highest BCUT2D eigenvalue weighted by molar-refractivity contribution is 7.39. The van der Waals surface area contributed by atoms with E-state index in [1.165, 1.54) is 53.5 Å². The van der Waals surface area contributed by atoms with Crippen molar-refractivity contribution in [2.45, 2.75) is 90.4 Å². The lowest BCUT2D eigenvalue weighted by Gasteiger charge is -2.42. The third-order valence-corrected chi connectivity index (χ3v) is 5.70. The molecule has 0 bridgehead atoms. The van der Waals surface area contributed by atoms with Crippen LogP contribution in [0.4, 0.5) is 0 Å². The van der Waals surface area contributed by atoms with Gasteiger partial charge in [0.1, 0.15) is 0 Å². The van der Waals surface area contributed by atoms with Crippen LogP contribution in [0.15, 0.2) is 0 Å². The molecule has 0 spiro atoms. The van der Waals surface area contributed by atoms with Gasteiger partial charge in [0.25, 0.3) is 0 Å². The Balaban J connectivity index is 2.55. The monoisotopic (exact) mass is 242 g/mol. The molecule has 0 N–H and O–H groups in total. The van der Waals surface area contributed by atoms with E-state index in [2.05, 4.69) is 27.7 Å². The van der Waals surface area contributed by atoms with Crippen LogP contribution in [0.5, 0.6) is 0 Å². The highest BCUT2D eigenvalue weighted by atomic mass is 31.1. The first-order valence-electron chi connectivity index (χ1n) is 7.38. The standard InChI is InChI=1S/C15H31P/c1-5-9-15(10-6-2)11-7-8-14(12-15)16-13(3)4/h13-14,16H,5-12H2,1-4H3. The zero-order valence-electron chi connectivity index (χ0n) is 11.8. The van der Waals surface area contributed by atoms with Gasteiger partial charge < -0.3 is 0 Å². The van der Waals surface area contributed by atoms with Crippen molar-refractivity contribution in [1.82, 2.24) is 0 Å². The van der Waals surface area contributed by atoms with Crippen molar-refractivity contribution in [1.29, 1.82) is 0 Å². The predicted molar refractivity (Wildman–Crippen MR) is 78.0 cm³/mol. The summed E-state index contributed by atoms with van der Waals surface area (Å²) in [7, 11) is 1.21. The molecule has 1 aliphatic carbocycles. The third kappa shape index (κ3) is 4.36. The Morgan fingerprint density at radius 2 is 1.81 bits per heavy atom. The Hall–Kier alpha value is 0.430. The van der Waals surface area contributed by atoms with E-state index < -0.39 is 0 Å². The van der Waals surface area contributed by atoms with Crippen LogP contribution in [0.1, 0.15) is 79.1 Å². The molecule has 0 heterocycles. The summed E-state index contributed by atoms with van der Waals surface area (Å²) in [5.41, 5.74) is 2.73. The Labute approximate surface area is 105 Å². The minimum absolute atomic E-state index is 0.744. The highest BCUT2D eigenvalue weighted by Gasteiger charge is 2.34. The van der Waals surface area contributed by atoms with E-state index in [4.69, 9.17) is 0 Å². The first kappa shape index (κ1) is 14.5. The predicted octanol–water partition coefficient (Wildman–Crippen LogP) is 5.60. The molecule has 1 aliphatic rings. The van der Waals surface area contributed by atoms with Crippen LogP contribution in [-0.2, 0) is 0 Å². The first-order chi connectivity index (χ1) is 7.62. The van der Waals surface area contributed by atoms with Crippen LogP contribution in [0.3, 0.4) is 0 Å². The smallest absolute Gasteiger partial charge is 0.0229 e. The maximum atomic E-state index is 2.40. The van der Waals surface area contributed by atoms with Gasteiger partial charge in [-0.15, -0.1) is 8.58 Å². The van der Waals surface area contributed by atoms with Gasteiger partial charge in [-0.1, -0.05) is 47.0 Å². The van der Waals surface area contributed by atoms with E-state index in [0.29, 0.717) is 0 Å². The molecule has 2 atom stereocenters. The van der Waals surface area contributed by atoms with E-state index in [1.54, 1.807) is 6.42 Å². The molecule has 0 amide bonds. The molecular formula is C15H31P. The average molecular weight is 242 g/mol. The maximum absolute atomic E-state index is 2.40. The van der Waals surface area contributed by atoms with Crippen molar-refractivity contribution in [3.63, 3.8) is 0 Å². The van der Waals surface area contributed by atoms with Gasteiger partial charge in [0.2, 0.25) is 0 Å². The molecular weight excluding hydrogens is 211 g/mol. The normalized spacial score (nSPS) is 25.7. The molecule has 16 heavy (non-hydrogen) atoms. The van der Waals surface area contributed by atoms with Crippen molar-refractivity contribution >= 4 is 8.58 Å². The molecule has 1 heteroatoms. The van der Waals surface area contributed by atoms with Gasteiger partial charge in [0, 0.05) is 0 Å². The molecule has 96 valence electrons. The van der Waals surface area contributed by atoms with Gasteiger partial charge in [0.05, 0.1) is 0 Å². The van der Waals surface area contributed by atoms with Gasteiger partial charge in [-0.25, -0.2) is 0 Å². The fraction of sp³-hybridized carbons (Fsp3) is 1.00. The SMILES string of the molecule is CCCC1(CCC)CCCC(PC(C)C)C1.